The maximum atomic E-state index is 11.8. The van der Waals surface area contributed by atoms with Crippen molar-refractivity contribution in [1.29, 1.82) is 0 Å². The molecule has 0 aromatic heterocycles. The second kappa shape index (κ2) is 6.79. The summed E-state index contributed by atoms with van der Waals surface area (Å²) in [6, 6.07) is 0. The summed E-state index contributed by atoms with van der Waals surface area (Å²) in [5.74, 6) is 2.95. The van der Waals surface area contributed by atoms with Gasteiger partial charge in [0.25, 0.3) is 0 Å². The standard InChI is InChI=1S/C11H24O2S2/c1-9(2)6-14-7-11(5)15(12,13)8-10(3)4/h9-11H,6-8H2,1-5H3. The van der Waals surface area contributed by atoms with Crippen LogP contribution in [0.2, 0.25) is 0 Å². The zero-order valence-electron chi connectivity index (χ0n) is 10.5. The first kappa shape index (κ1) is 15.3. The van der Waals surface area contributed by atoms with Crippen LogP contribution in [0.25, 0.3) is 0 Å². The first-order valence-corrected chi connectivity index (χ1v) is 8.42. The minimum absolute atomic E-state index is 0.205. The smallest absolute Gasteiger partial charge is 0.153 e. The number of sulfone groups is 1. The molecule has 0 aliphatic rings. The maximum absolute atomic E-state index is 11.8. The molecule has 4 heteroatoms. The maximum Gasteiger partial charge on any atom is 0.153 e. The van der Waals surface area contributed by atoms with Gasteiger partial charge in [0.2, 0.25) is 0 Å². The van der Waals surface area contributed by atoms with E-state index < -0.39 is 9.84 Å². The average Bonchev–Trinajstić information content (AvgIpc) is 2.00. The fourth-order valence-electron chi connectivity index (χ4n) is 1.20. The third-order valence-corrected chi connectivity index (χ3v) is 6.36. The Balaban J connectivity index is 4.03. The van der Waals surface area contributed by atoms with E-state index in [-0.39, 0.29) is 11.2 Å². The summed E-state index contributed by atoms with van der Waals surface area (Å²) in [5.41, 5.74) is 0. The third kappa shape index (κ3) is 7.23. The van der Waals surface area contributed by atoms with Crippen molar-refractivity contribution in [2.24, 2.45) is 11.8 Å². The van der Waals surface area contributed by atoms with Crippen molar-refractivity contribution in [2.45, 2.75) is 39.9 Å². The summed E-state index contributed by atoms with van der Waals surface area (Å²) < 4.78 is 23.6. The lowest BCUT2D eigenvalue weighted by atomic mass is 10.3. The molecule has 15 heavy (non-hydrogen) atoms. The Morgan fingerprint density at radius 3 is 1.87 bits per heavy atom. The molecular formula is C11H24O2S2. The fourth-order valence-corrected chi connectivity index (χ4v) is 4.52. The van der Waals surface area contributed by atoms with Gasteiger partial charge in [-0.3, -0.25) is 0 Å². The highest BCUT2D eigenvalue weighted by Crippen LogP contribution is 2.15. The van der Waals surface area contributed by atoms with Crippen LogP contribution in [0.4, 0.5) is 0 Å². The predicted molar refractivity (Wildman–Crippen MR) is 70.2 cm³/mol. The van der Waals surface area contributed by atoms with Crippen molar-refractivity contribution in [2.75, 3.05) is 17.3 Å². The largest absolute Gasteiger partial charge is 0.229 e. The van der Waals surface area contributed by atoms with Crippen LogP contribution in [0.15, 0.2) is 0 Å². The van der Waals surface area contributed by atoms with Crippen LogP contribution in [0.1, 0.15) is 34.6 Å². The van der Waals surface area contributed by atoms with Crippen molar-refractivity contribution in [3.63, 3.8) is 0 Å². The molecule has 0 aliphatic heterocycles. The average molecular weight is 252 g/mol. The first-order valence-electron chi connectivity index (χ1n) is 5.55. The van der Waals surface area contributed by atoms with Gasteiger partial charge in [-0.05, 0) is 24.5 Å². The van der Waals surface area contributed by atoms with E-state index in [4.69, 9.17) is 0 Å². The summed E-state index contributed by atoms with van der Waals surface area (Å²) in [6.07, 6.45) is 0. The summed E-state index contributed by atoms with van der Waals surface area (Å²) in [7, 11) is -2.88. The van der Waals surface area contributed by atoms with Gasteiger partial charge in [0.15, 0.2) is 9.84 Å². The molecule has 1 unspecified atom stereocenters. The minimum Gasteiger partial charge on any atom is -0.229 e. The lowest BCUT2D eigenvalue weighted by molar-refractivity contribution is 0.574. The summed E-state index contributed by atoms with van der Waals surface area (Å²) in [6.45, 7) is 10.0. The summed E-state index contributed by atoms with van der Waals surface area (Å²) >= 11 is 1.74. The second-order valence-electron chi connectivity index (χ2n) is 4.97. The molecule has 1 atom stereocenters. The highest BCUT2D eigenvalue weighted by atomic mass is 32.2. The zero-order valence-corrected chi connectivity index (χ0v) is 12.1. The molecule has 0 heterocycles. The molecule has 0 spiro atoms. The monoisotopic (exact) mass is 252 g/mol. The van der Waals surface area contributed by atoms with Crippen molar-refractivity contribution in [3.05, 3.63) is 0 Å². The highest BCUT2D eigenvalue weighted by Gasteiger charge is 2.21. The van der Waals surface area contributed by atoms with Crippen LogP contribution in [-0.4, -0.2) is 30.9 Å². The van der Waals surface area contributed by atoms with Gasteiger partial charge >= 0.3 is 0 Å². The van der Waals surface area contributed by atoms with Gasteiger partial charge in [-0.1, -0.05) is 27.7 Å². The first-order chi connectivity index (χ1) is 6.75. The lowest BCUT2D eigenvalue weighted by Crippen LogP contribution is -2.26. The van der Waals surface area contributed by atoms with E-state index in [1.54, 1.807) is 11.8 Å². The molecule has 0 aromatic rings. The molecule has 0 N–H and O–H groups in total. The predicted octanol–water partition coefficient (Wildman–Crippen LogP) is 2.83. The van der Waals surface area contributed by atoms with Gasteiger partial charge in [-0.2, -0.15) is 11.8 Å². The molecule has 2 nitrogen and oxygen atoms in total. The highest BCUT2D eigenvalue weighted by molar-refractivity contribution is 8.00. The number of hydrogen-bond acceptors (Lipinski definition) is 3. The summed E-state index contributed by atoms with van der Waals surface area (Å²) in [5, 5.41) is -0.205. The van der Waals surface area contributed by atoms with Crippen LogP contribution in [0.5, 0.6) is 0 Å². The van der Waals surface area contributed by atoms with Gasteiger partial charge in [-0.15, -0.1) is 0 Å². The Hall–Kier alpha value is 0.300. The van der Waals surface area contributed by atoms with Gasteiger partial charge in [-0.25, -0.2) is 8.42 Å². The zero-order chi connectivity index (χ0) is 12.1. The van der Waals surface area contributed by atoms with Gasteiger partial charge < -0.3 is 0 Å². The molecular weight excluding hydrogens is 228 g/mol. The molecule has 0 fully saturated rings. The van der Waals surface area contributed by atoms with E-state index in [2.05, 4.69) is 13.8 Å². The van der Waals surface area contributed by atoms with Crippen molar-refractivity contribution >= 4 is 21.6 Å². The summed E-state index contributed by atoms with van der Waals surface area (Å²) in [4.78, 5) is 0. The minimum atomic E-state index is -2.88. The van der Waals surface area contributed by atoms with Crippen LogP contribution in [-0.2, 0) is 9.84 Å². The topological polar surface area (TPSA) is 34.1 Å². The SMILES string of the molecule is CC(C)CSCC(C)S(=O)(=O)CC(C)C. The van der Waals surface area contributed by atoms with Crippen LogP contribution in [0, 0.1) is 11.8 Å². The molecule has 92 valence electrons. The molecule has 0 aromatic carbocycles. The number of thioether (sulfide) groups is 1. The van der Waals surface area contributed by atoms with Crippen LogP contribution < -0.4 is 0 Å². The molecule has 0 saturated heterocycles. The van der Waals surface area contributed by atoms with Crippen LogP contribution >= 0.6 is 11.8 Å². The molecule has 0 aliphatic carbocycles. The van der Waals surface area contributed by atoms with Gasteiger partial charge in [0, 0.05) is 5.75 Å². The molecule has 0 radical (unpaired) electrons. The van der Waals surface area contributed by atoms with Crippen molar-refractivity contribution < 1.29 is 8.42 Å². The third-order valence-electron chi connectivity index (χ3n) is 1.98. The normalized spacial score (nSPS) is 14.9. The van der Waals surface area contributed by atoms with E-state index >= 15 is 0 Å². The molecule has 0 rings (SSSR count). The number of rotatable bonds is 7. The van der Waals surface area contributed by atoms with E-state index in [1.807, 2.05) is 20.8 Å². The number of hydrogen-bond donors (Lipinski definition) is 0. The molecule has 0 amide bonds. The van der Waals surface area contributed by atoms with Gasteiger partial charge in [0.1, 0.15) is 0 Å². The van der Waals surface area contributed by atoms with E-state index in [0.29, 0.717) is 11.7 Å². The Morgan fingerprint density at radius 2 is 1.47 bits per heavy atom. The Morgan fingerprint density at radius 1 is 0.933 bits per heavy atom. The van der Waals surface area contributed by atoms with E-state index in [0.717, 1.165) is 11.5 Å². The fraction of sp³-hybridized carbons (Fsp3) is 1.00. The van der Waals surface area contributed by atoms with Crippen molar-refractivity contribution in [1.82, 2.24) is 0 Å². The quantitative estimate of drug-likeness (QED) is 0.699. The van der Waals surface area contributed by atoms with Crippen LogP contribution in [0.3, 0.4) is 0 Å². The van der Waals surface area contributed by atoms with Crippen molar-refractivity contribution in [3.8, 4) is 0 Å². The van der Waals surface area contributed by atoms with Gasteiger partial charge in [0.05, 0.1) is 11.0 Å². The molecule has 0 saturated carbocycles. The molecule has 0 bridgehead atoms. The lowest BCUT2D eigenvalue weighted by Gasteiger charge is -2.14. The Kier molecular flexibility index (Phi) is 6.93. The Bertz CT molecular complexity index is 256. The second-order valence-corrected chi connectivity index (χ2v) is 8.50. The Labute approximate surface area is 99.1 Å². The van der Waals surface area contributed by atoms with E-state index in [1.165, 1.54) is 0 Å². The van der Waals surface area contributed by atoms with E-state index in [9.17, 15) is 8.42 Å².